The first-order chi connectivity index (χ1) is 12.3. The summed E-state index contributed by atoms with van der Waals surface area (Å²) in [6.07, 6.45) is -1.35. The lowest BCUT2D eigenvalue weighted by Gasteiger charge is -2.48. The number of hydrogen-bond donors (Lipinski definition) is 0. The van der Waals surface area contributed by atoms with E-state index in [1.807, 2.05) is 9.80 Å². The van der Waals surface area contributed by atoms with Crippen molar-refractivity contribution in [2.45, 2.75) is 31.9 Å². The van der Waals surface area contributed by atoms with Gasteiger partial charge in [0, 0.05) is 45.1 Å². The average molecular weight is 371 g/mol. The monoisotopic (exact) mass is 371 g/mol. The lowest BCUT2D eigenvalue weighted by atomic mass is 9.73. The second-order valence-electron chi connectivity index (χ2n) is 7.21. The Bertz CT molecular complexity index is 653. The Balaban J connectivity index is 1.76. The van der Waals surface area contributed by atoms with E-state index in [1.165, 1.54) is 6.07 Å². The van der Waals surface area contributed by atoms with Crippen LogP contribution in [0.4, 0.5) is 19.0 Å². The Hall–Kier alpha value is -1.83. The number of halogens is 3. The molecule has 2 aliphatic rings. The van der Waals surface area contributed by atoms with E-state index < -0.39 is 11.9 Å². The van der Waals surface area contributed by atoms with Gasteiger partial charge < -0.3 is 14.5 Å². The van der Waals surface area contributed by atoms with Gasteiger partial charge in [0.25, 0.3) is 0 Å². The molecule has 3 heterocycles. The number of nitrogens with zero attached hydrogens (tertiary/aromatic N) is 3. The topological polar surface area (TPSA) is 45.7 Å². The van der Waals surface area contributed by atoms with E-state index in [1.54, 1.807) is 13.2 Å². The molecule has 2 fully saturated rings. The van der Waals surface area contributed by atoms with E-state index in [4.69, 9.17) is 4.74 Å². The van der Waals surface area contributed by atoms with Crippen molar-refractivity contribution in [1.82, 2.24) is 9.88 Å². The maximum atomic E-state index is 13.0. The number of methoxy groups -OCH3 is 1. The second kappa shape index (κ2) is 7.42. The highest BCUT2D eigenvalue weighted by atomic mass is 19.4. The van der Waals surface area contributed by atoms with Crippen molar-refractivity contribution in [3.63, 3.8) is 0 Å². The molecule has 1 unspecified atom stereocenters. The van der Waals surface area contributed by atoms with Crippen molar-refractivity contribution >= 4 is 11.7 Å². The van der Waals surface area contributed by atoms with Crippen LogP contribution in [0.3, 0.4) is 0 Å². The van der Waals surface area contributed by atoms with Gasteiger partial charge in [-0.1, -0.05) is 6.07 Å². The molecule has 0 aromatic carbocycles. The first kappa shape index (κ1) is 18.9. The number of pyridine rings is 1. The van der Waals surface area contributed by atoms with E-state index in [-0.39, 0.29) is 11.3 Å². The maximum absolute atomic E-state index is 13.0. The molecule has 0 N–H and O–H groups in total. The molecule has 0 aliphatic carbocycles. The highest BCUT2D eigenvalue weighted by molar-refractivity contribution is 5.77. The number of carbonyl (C=O) groups excluding carboxylic acids is 1. The number of ether oxygens (including phenoxy) is 1. The predicted molar refractivity (Wildman–Crippen MR) is 90.8 cm³/mol. The zero-order valence-electron chi connectivity index (χ0n) is 14.9. The molecule has 1 atom stereocenters. The summed E-state index contributed by atoms with van der Waals surface area (Å²) in [6, 6.07) is 4.03. The number of anilines is 1. The van der Waals surface area contributed by atoms with Crippen molar-refractivity contribution in [3.8, 4) is 0 Å². The summed E-state index contributed by atoms with van der Waals surface area (Å²) in [5.74, 6) is 0.487. The standard InChI is InChI=1S/C18H24F3N3O2/c1-26-11-10-24-13-17(8-6-16(24)25)7-3-9-23(12-17)15-5-2-4-14(22-15)18(19,20)21/h2,4-5H,3,6-13H2,1H3. The molecule has 2 aliphatic heterocycles. The van der Waals surface area contributed by atoms with E-state index in [2.05, 4.69) is 4.98 Å². The van der Waals surface area contributed by atoms with Gasteiger partial charge in [-0.05, 0) is 31.4 Å². The zero-order chi connectivity index (χ0) is 18.8. The van der Waals surface area contributed by atoms with Gasteiger partial charge in [-0.15, -0.1) is 0 Å². The van der Waals surface area contributed by atoms with Gasteiger partial charge in [0.1, 0.15) is 11.5 Å². The third-order valence-corrected chi connectivity index (χ3v) is 5.32. The third-order valence-electron chi connectivity index (χ3n) is 5.32. The van der Waals surface area contributed by atoms with Crippen LogP contribution in [0.25, 0.3) is 0 Å². The van der Waals surface area contributed by atoms with Crippen LogP contribution >= 0.6 is 0 Å². The molecular formula is C18H24F3N3O2. The van der Waals surface area contributed by atoms with Crippen molar-refractivity contribution in [1.29, 1.82) is 0 Å². The van der Waals surface area contributed by atoms with Crippen LogP contribution in [-0.2, 0) is 15.7 Å². The van der Waals surface area contributed by atoms with Gasteiger partial charge in [-0.3, -0.25) is 4.79 Å². The number of likely N-dealkylation sites (tertiary alicyclic amines) is 1. The van der Waals surface area contributed by atoms with Gasteiger partial charge in [0.15, 0.2) is 0 Å². The SMILES string of the molecule is COCCN1CC2(CCCN(c3cccc(C(F)(F)F)n3)C2)CCC1=O. The van der Waals surface area contributed by atoms with Crippen LogP contribution in [-0.4, -0.2) is 55.7 Å². The molecule has 1 aromatic rings. The molecule has 144 valence electrons. The maximum Gasteiger partial charge on any atom is 0.433 e. The average Bonchev–Trinajstić information content (AvgIpc) is 2.62. The van der Waals surface area contributed by atoms with E-state index in [9.17, 15) is 18.0 Å². The Morgan fingerprint density at radius 1 is 1.27 bits per heavy atom. The van der Waals surface area contributed by atoms with Gasteiger partial charge in [-0.25, -0.2) is 4.98 Å². The molecule has 0 bridgehead atoms. The van der Waals surface area contributed by atoms with Crippen molar-refractivity contribution in [3.05, 3.63) is 23.9 Å². The van der Waals surface area contributed by atoms with Gasteiger partial charge in [0.2, 0.25) is 5.91 Å². The molecule has 1 aromatic heterocycles. The second-order valence-corrected chi connectivity index (χ2v) is 7.21. The van der Waals surface area contributed by atoms with E-state index >= 15 is 0 Å². The Labute approximate surface area is 151 Å². The molecule has 0 radical (unpaired) electrons. The fourth-order valence-electron chi connectivity index (χ4n) is 4.00. The molecule has 1 spiro atoms. The van der Waals surface area contributed by atoms with Crippen molar-refractivity contribution in [2.24, 2.45) is 5.41 Å². The van der Waals surface area contributed by atoms with Crippen LogP contribution in [0.1, 0.15) is 31.4 Å². The Morgan fingerprint density at radius 2 is 2.08 bits per heavy atom. The van der Waals surface area contributed by atoms with E-state index in [0.717, 1.165) is 25.3 Å². The van der Waals surface area contributed by atoms with Crippen LogP contribution < -0.4 is 4.90 Å². The van der Waals surface area contributed by atoms with Gasteiger partial charge >= 0.3 is 6.18 Å². The number of amides is 1. The first-order valence-corrected chi connectivity index (χ1v) is 8.89. The minimum Gasteiger partial charge on any atom is -0.383 e. The number of piperidine rings is 2. The molecule has 3 rings (SSSR count). The minimum absolute atomic E-state index is 0.0875. The fourth-order valence-corrected chi connectivity index (χ4v) is 4.00. The quantitative estimate of drug-likeness (QED) is 0.816. The van der Waals surface area contributed by atoms with Gasteiger partial charge in [0.05, 0.1) is 6.61 Å². The summed E-state index contributed by atoms with van der Waals surface area (Å²) >= 11 is 0. The molecule has 26 heavy (non-hydrogen) atoms. The zero-order valence-corrected chi connectivity index (χ0v) is 14.9. The normalized spacial score (nSPS) is 24.4. The summed E-state index contributed by atoms with van der Waals surface area (Å²) < 4.78 is 44.0. The van der Waals surface area contributed by atoms with Crippen molar-refractivity contribution in [2.75, 3.05) is 44.8 Å². The van der Waals surface area contributed by atoms with Crippen LogP contribution in [0.2, 0.25) is 0 Å². The van der Waals surface area contributed by atoms with Crippen LogP contribution in [0.15, 0.2) is 18.2 Å². The highest BCUT2D eigenvalue weighted by Gasteiger charge is 2.42. The number of rotatable bonds is 4. The lowest BCUT2D eigenvalue weighted by Crippen LogP contribution is -2.54. The third kappa shape index (κ3) is 4.11. The van der Waals surface area contributed by atoms with Crippen LogP contribution in [0.5, 0.6) is 0 Å². The molecular weight excluding hydrogens is 347 g/mol. The summed E-state index contributed by atoms with van der Waals surface area (Å²) in [6.45, 7) is 2.98. The molecule has 5 nitrogen and oxygen atoms in total. The Morgan fingerprint density at radius 3 is 2.81 bits per heavy atom. The van der Waals surface area contributed by atoms with E-state index in [0.29, 0.717) is 45.0 Å². The number of carbonyl (C=O) groups is 1. The highest BCUT2D eigenvalue weighted by Crippen LogP contribution is 2.40. The van der Waals surface area contributed by atoms with Crippen molar-refractivity contribution < 1.29 is 22.7 Å². The summed E-state index contributed by atoms with van der Waals surface area (Å²) in [4.78, 5) is 19.7. The minimum atomic E-state index is -4.45. The summed E-state index contributed by atoms with van der Waals surface area (Å²) in [5.41, 5.74) is -0.953. The number of hydrogen-bond acceptors (Lipinski definition) is 4. The summed E-state index contributed by atoms with van der Waals surface area (Å²) in [5, 5.41) is 0. The Kier molecular flexibility index (Phi) is 5.41. The number of alkyl halides is 3. The number of aromatic nitrogens is 1. The van der Waals surface area contributed by atoms with Crippen LogP contribution in [0, 0.1) is 5.41 Å². The van der Waals surface area contributed by atoms with Gasteiger partial charge in [-0.2, -0.15) is 13.2 Å². The fraction of sp³-hybridized carbons (Fsp3) is 0.667. The molecule has 1 amide bonds. The molecule has 8 heteroatoms. The predicted octanol–water partition coefficient (Wildman–Crippen LogP) is 2.96. The lowest BCUT2D eigenvalue weighted by molar-refractivity contribution is -0.141. The smallest absolute Gasteiger partial charge is 0.383 e. The molecule has 2 saturated heterocycles. The molecule has 0 saturated carbocycles. The summed E-state index contributed by atoms with van der Waals surface area (Å²) in [7, 11) is 1.60. The largest absolute Gasteiger partial charge is 0.433 e. The first-order valence-electron chi connectivity index (χ1n) is 8.89.